The minimum Gasteiger partial charge on any atom is -0.480 e. The number of halogens is 3. The summed E-state index contributed by atoms with van der Waals surface area (Å²) < 4.78 is 14.7. The van der Waals surface area contributed by atoms with Crippen LogP contribution in [0, 0.1) is 0 Å². The molecule has 5 nitrogen and oxygen atoms in total. The van der Waals surface area contributed by atoms with Gasteiger partial charge >= 0.3 is 11.9 Å². The van der Waals surface area contributed by atoms with E-state index in [1.165, 1.54) is 12.1 Å². The maximum Gasteiger partial charge on any atom is 0.347 e. The first-order chi connectivity index (χ1) is 9.47. The van der Waals surface area contributed by atoms with Gasteiger partial charge in [-0.25, -0.2) is 9.59 Å². The zero-order chi connectivity index (χ0) is 14.7. The van der Waals surface area contributed by atoms with E-state index in [4.69, 9.17) is 44.3 Å². The molecule has 1 fully saturated rings. The van der Waals surface area contributed by atoms with Crippen LogP contribution in [-0.2, 0) is 19.1 Å². The van der Waals surface area contributed by atoms with Crippen molar-refractivity contribution in [2.24, 2.45) is 0 Å². The van der Waals surface area contributed by atoms with E-state index in [1.54, 1.807) is 0 Å². The third-order valence-corrected chi connectivity index (χ3v) is 3.50. The molecule has 1 unspecified atom stereocenters. The Hall–Kier alpha value is -1.17. The fourth-order valence-corrected chi connectivity index (χ4v) is 2.12. The topological polar surface area (TPSA) is 61.8 Å². The maximum absolute atomic E-state index is 11.5. The molecular formula is C12H9Cl3O5. The van der Waals surface area contributed by atoms with Gasteiger partial charge in [-0.05, 0) is 6.07 Å². The van der Waals surface area contributed by atoms with Gasteiger partial charge < -0.3 is 14.2 Å². The number of carbonyl (C=O) groups excluding carboxylic acids is 2. The first kappa shape index (κ1) is 15.2. The Morgan fingerprint density at radius 2 is 1.95 bits per heavy atom. The van der Waals surface area contributed by atoms with Crippen molar-refractivity contribution in [2.45, 2.75) is 12.5 Å². The van der Waals surface area contributed by atoms with Crippen LogP contribution in [0.15, 0.2) is 12.1 Å². The van der Waals surface area contributed by atoms with E-state index in [9.17, 15) is 9.59 Å². The van der Waals surface area contributed by atoms with E-state index in [0.717, 1.165) is 0 Å². The number of hydrogen-bond acceptors (Lipinski definition) is 5. The van der Waals surface area contributed by atoms with Crippen molar-refractivity contribution in [2.75, 3.05) is 13.2 Å². The highest BCUT2D eigenvalue weighted by atomic mass is 35.5. The zero-order valence-electron chi connectivity index (χ0n) is 10.0. The Bertz CT molecular complexity index is 546. The molecule has 0 aromatic heterocycles. The molecule has 0 bridgehead atoms. The minimum absolute atomic E-state index is 0.201. The van der Waals surface area contributed by atoms with Gasteiger partial charge in [-0.15, -0.1) is 0 Å². The Labute approximate surface area is 129 Å². The first-order valence-electron chi connectivity index (χ1n) is 5.61. The van der Waals surface area contributed by atoms with Crippen molar-refractivity contribution in [1.29, 1.82) is 0 Å². The number of hydrogen-bond donors (Lipinski definition) is 0. The molecule has 0 aliphatic carbocycles. The maximum atomic E-state index is 11.5. The molecular weight excluding hydrogens is 330 g/mol. The van der Waals surface area contributed by atoms with Crippen molar-refractivity contribution in [1.82, 2.24) is 0 Å². The van der Waals surface area contributed by atoms with Gasteiger partial charge in [0.25, 0.3) is 0 Å². The number of carbonyl (C=O) groups is 2. The van der Waals surface area contributed by atoms with Gasteiger partial charge in [-0.1, -0.05) is 34.8 Å². The number of benzene rings is 1. The lowest BCUT2D eigenvalue weighted by Crippen LogP contribution is -2.26. The van der Waals surface area contributed by atoms with Gasteiger partial charge in [0.05, 0.1) is 21.7 Å². The van der Waals surface area contributed by atoms with Crippen molar-refractivity contribution in [3.63, 3.8) is 0 Å². The molecule has 8 heteroatoms. The summed E-state index contributed by atoms with van der Waals surface area (Å²) in [6.07, 6.45) is -0.520. The lowest BCUT2D eigenvalue weighted by atomic mass is 10.3. The highest BCUT2D eigenvalue weighted by Crippen LogP contribution is 2.33. The molecule has 1 aromatic carbocycles. The summed E-state index contributed by atoms with van der Waals surface area (Å²) in [7, 11) is 0. The molecule has 0 N–H and O–H groups in total. The molecule has 0 spiro atoms. The van der Waals surface area contributed by atoms with Crippen LogP contribution in [0.4, 0.5) is 0 Å². The van der Waals surface area contributed by atoms with Gasteiger partial charge in [-0.3, -0.25) is 0 Å². The SMILES string of the molecule is O=C(COc1cc(Cl)c(Cl)cc1Cl)OC1CCOC1=O. The fourth-order valence-electron chi connectivity index (χ4n) is 1.53. The Morgan fingerprint density at radius 1 is 1.25 bits per heavy atom. The number of ether oxygens (including phenoxy) is 3. The smallest absolute Gasteiger partial charge is 0.347 e. The van der Waals surface area contributed by atoms with Crippen molar-refractivity contribution < 1.29 is 23.8 Å². The first-order valence-corrected chi connectivity index (χ1v) is 6.74. The molecule has 0 amide bonds. The van der Waals surface area contributed by atoms with Crippen LogP contribution in [0.25, 0.3) is 0 Å². The monoisotopic (exact) mass is 338 g/mol. The van der Waals surface area contributed by atoms with E-state index in [-0.39, 0.29) is 27.4 Å². The van der Waals surface area contributed by atoms with Crippen LogP contribution in [-0.4, -0.2) is 31.3 Å². The predicted molar refractivity (Wildman–Crippen MR) is 72.4 cm³/mol. The molecule has 1 aliphatic rings. The molecule has 108 valence electrons. The summed E-state index contributed by atoms with van der Waals surface area (Å²) in [5, 5.41) is 0.742. The van der Waals surface area contributed by atoms with E-state index < -0.39 is 24.6 Å². The third kappa shape index (κ3) is 3.69. The quantitative estimate of drug-likeness (QED) is 0.623. The third-order valence-electron chi connectivity index (χ3n) is 2.48. The summed E-state index contributed by atoms with van der Waals surface area (Å²) in [5.74, 6) is -1.05. The second-order valence-corrected chi connectivity index (χ2v) is 5.14. The summed E-state index contributed by atoms with van der Waals surface area (Å²) in [4.78, 5) is 22.7. The fraction of sp³-hybridized carbons (Fsp3) is 0.333. The van der Waals surface area contributed by atoms with Gasteiger partial charge in [0.1, 0.15) is 5.75 Å². The molecule has 1 aliphatic heterocycles. The molecule has 2 rings (SSSR count). The average molecular weight is 340 g/mol. The highest BCUT2D eigenvalue weighted by Gasteiger charge is 2.30. The summed E-state index contributed by atoms with van der Waals surface area (Å²) in [5.41, 5.74) is 0. The second kappa shape index (κ2) is 6.52. The van der Waals surface area contributed by atoms with Crippen LogP contribution in [0.5, 0.6) is 5.75 Å². The van der Waals surface area contributed by atoms with Gasteiger partial charge in [0.15, 0.2) is 6.61 Å². The van der Waals surface area contributed by atoms with E-state index in [1.807, 2.05) is 0 Å². The lowest BCUT2D eigenvalue weighted by molar-refractivity contribution is -0.161. The summed E-state index contributed by atoms with van der Waals surface area (Å²) in [6.45, 7) is -0.155. The van der Waals surface area contributed by atoms with Gasteiger partial charge in [0.2, 0.25) is 6.10 Å². The molecule has 1 atom stereocenters. The number of esters is 2. The van der Waals surface area contributed by atoms with Crippen molar-refractivity contribution in [3.05, 3.63) is 27.2 Å². The molecule has 1 saturated heterocycles. The number of cyclic esters (lactones) is 1. The highest BCUT2D eigenvalue weighted by molar-refractivity contribution is 6.43. The predicted octanol–water partition coefficient (Wildman–Crippen LogP) is 2.88. The standard InChI is InChI=1S/C12H9Cl3O5/c13-6-3-8(15)10(4-7(6)14)19-5-11(16)20-9-1-2-18-12(9)17/h3-4,9H,1-2,5H2. The van der Waals surface area contributed by atoms with Gasteiger partial charge in [-0.2, -0.15) is 0 Å². The normalized spacial score (nSPS) is 17.8. The minimum atomic E-state index is -0.865. The Kier molecular flexibility index (Phi) is 4.96. The average Bonchev–Trinajstić information content (AvgIpc) is 2.78. The zero-order valence-corrected chi connectivity index (χ0v) is 12.3. The van der Waals surface area contributed by atoms with Crippen LogP contribution < -0.4 is 4.74 Å². The van der Waals surface area contributed by atoms with Crippen LogP contribution in [0.1, 0.15) is 6.42 Å². The van der Waals surface area contributed by atoms with Gasteiger partial charge in [0, 0.05) is 12.5 Å². The molecule has 0 saturated carbocycles. The van der Waals surface area contributed by atoms with Crippen LogP contribution >= 0.6 is 34.8 Å². The van der Waals surface area contributed by atoms with E-state index in [0.29, 0.717) is 6.42 Å². The largest absolute Gasteiger partial charge is 0.480 e. The second-order valence-electron chi connectivity index (χ2n) is 3.92. The molecule has 20 heavy (non-hydrogen) atoms. The molecule has 0 radical (unpaired) electrons. The van der Waals surface area contributed by atoms with E-state index in [2.05, 4.69) is 4.74 Å². The molecule has 1 heterocycles. The van der Waals surface area contributed by atoms with Crippen molar-refractivity contribution in [3.8, 4) is 5.75 Å². The Morgan fingerprint density at radius 3 is 2.60 bits per heavy atom. The Balaban J connectivity index is 1.90. The van der Waals surface area contributed by atoms with Crippen molar-refractivity contribution >= 4 is 46.7 Å². The number of rotatable bonds is 4. The summed E-state index contributed by atoms with van der Waals surface area (Å²) >= 11 is 17.5. The summed E-state index contributed by atoms with van der Waals surface area (Å²) in [6, 6.07) is 2.80. The van der Waals surface area contributed by atoms with Crippen LogP contribution in [0.2, 0.25) is 15.1 Å². The lowest BCUT2D eigenvalue weighted by Gasteiger charge is -2.11. The van der Waals surface area contributed by atoms with Crippen LogP contribution in [0.3, 0.4) is 0 Å². The molecule has 1 aromatic rings. The van der Waals surface area contributed by atoms with E-state index >= 15 is 0 Å².